The molecule has 2 heterocycles. The van der Waals surface area contributed by atoms with Crippen LogP contribution in [0.15, 0.2) is 29.3 Å². The van der Waals surface area contributed by atoms with Crippen LogP contribution >= 0.6 is 0 Å². The molecule has 6 heteroatoms. The van der Waals surface area contributed by atoms with Crippen LogP contribution in [0.5, 0.6) is 0 Å². The molecule has 0 bridgehead atoms. The van der Waals surface area contributed by atoms with E-state index in [4.69, 9.17) is 4.74 Å². The summed E-state index contributed by atoms with van der Waals surface area (Å²) in [6, 6.07) is 5.56. The summed E-state index contributed by atoms with van der Waals surface area (Å²) in [5, 5.41) is 0.597. The number of hydrogen-bond donors (Lipinski definition) is 0. The van der Waals surface area contributed by atoms with Gasteiger partial charge in [-0.25, -0.2) is 4.98 Å². The minimum Gasteiger partial charge on any atom is -0.375 e. The number of para-hydroxylation sites is 1. The second-order valence-corrected chi connectivity index (χ2v) is 5.99. The highest BCUT2D eigenvalue weighted by molar-refractivity contribution is 5.80. The number of ether oxygens (including phenoxy) is 1. The van der Waals surface area contributed by atoms with Gasteiger partial charge in [0.15, 0.2) is 0 Å². The lowest BCUT2D eigenvalue weighted by atomic mass is 10.1. The number of amides is 1. The van der Waals surface area contributed by atoms with Crippen molar-refractivity contribution in [3.05, 3.63) is 40.4 Å². The van der Waals surface area contributed by atoms with E-state index in [-0.39, 0.29) is 17.6 Å². The summed E-state index contributed by atoms with van der Waals surface area (Å²) in [5.74, 6) is 0.0522. The summed E-state index contributed by atoms with van der Waals surface area (Å²) in [7, 11) is 0. The van der Waals surface area contributed by atoms with Gasteiger partial charge in [-0.05, 0) is 25.5 Å². The number of benzene rings is 1. The van der Waals surface area contributed by atoms with Crippen LogP contribution in [0.2, 0.25) is 0 Å². The van der Waals surface area contributed by atoms with E-state index in [0.717, 1.165) is 11.1 Å². The first kappa shape index (κ1) is 15.7. The zero-order chi connectivity index (χ0) is 16.4. The van der Waals surface area contributed by atoms with Crippen molar-refractivity contribution in [2.24, 2.45) is 0 Å². The molecule has 1 aliphatic heterocycles. The van der Waals surface area contributed by atoms with Crippen molar-refractivity contribution in [3.8, 4) is 0 Å². The third-order valence-corrected chi connectivity index (χ3v) is 4.22. The lowest BCUT2D eigenvalue weighted by Crippen LogP contribution is -2.44. The van der Waals surface area contributed by atoms with Crippen LogP contribution in [0, 0.1) is 6.92 Å². The van der Waals surface area contributed by atoms with Crippen LogP contribution in [0.1, 0.15) is 18.9 Å². The van der Waals surface area contributed by atoms with Gasteiger partial charge in [0.1, 0.15) is 0 Å². The van der Waals surface area contributed by atoms with E-state index >= 15 is 0 Å². The normalized spacial score (nSPS) is 18.3. The number of aryl methyl sites for hydroxylation is 2. The summed E-state index contributed by atoms with van der Waals surface area (Å²) in [4.78, 5) is 30.9. The monoisotopic (exact) mass is 315 g/mol. The van der Waals surface area contributed by atoms with Crippen LogP contribution in [0.3, 0.4) is 0 Å². The van der Waals surface area contributed by atoms with Gasteiger partial charge in [-0.1, -0.05) is 12.1 Å². The van der Waals surface area contributed by atoms with Crippen molar-refractivity contribution in [1.29, 1.82) is 0 Å². The van der Waals surface area contributed by atoms with E-state index in [1.54, 1.807) is 11.0 Å². The number of rotatable bonds is 3. The van der Waals surface area contributed by atoms with E-state index in [9.17, 15) is 9.59 Å². The summed E-state index contributed by atoms with van der Waals surface area (Å²) in [6.07, 6.45) is 1.90. The summed E-state index contributed by atoms with van der Waals surface area (Å²) >= 11 is 0. The second-order valence-electron chi connectivity index (χ2n) is 5.99. The van der Waals surface area contributed by atoms with E-state index < -0.39 is 0 Å². The molecule has 1 atom stereocenters. The quantitative estimate of drug-likeness (QED) is 0.857. The SMILES string of the molecule is Cc1cccc2c(=O)n(CCC(=O)N3CCO[C@H](C)C3)cnc12. The molecule has 2 aromatic rings. The first-order valence-corrected chi connectivity index (χ1v) is 7.90. The standard InChI is InChI=1S/C17H21N3O3/c1-12-4-3-5-14-16(12)18-11-20(17(14)22)7-6-15(21)19-8-9-23-13(2)10-19/h3-5,11,13H,6-10H2,1-2H3/t13-/m1/s1. The molecule has 1 aliphatic rings. The van der Waals surface area contributed by atoms with Crippen molar-refractivity contribution in [2.45, 2.75) is 32.9 Å². The zero-order valence-corrected chi connectivity index (χ0v) is 13.5. The fourth-order valence-corrected chi connectivity index (χ4v) is 2.92. The van der Waals surface area contributed by atoms with Crippen molar-refractivity contribution in [2.75, 3.05) is 19.7 Å². The van der Waals surface area contributed by atoms with E-state index in [1.165, 1.54) is 10.9 Å². The van der Waals surface area contributed by atoms with Gasteiger partial charge in [-0.15, -0.1) is 0 Å². The van der Waals surface area contributed by atoms with Crippen LogP contribution in [-0.4, -0.2) is 46.2 Å². The molecule has 1 aromatic carbocycles. The second kappa shape index (κ2) is 6.50. The Kier molecular flexibility index (Phi) is 4.43. The average molecular weight is 315 g/mol. The van der Waals surface area contributed by atoms with Crippen molar-refractivity contribution in [3.63, 3.8) is 0 Å². The third kappa shape index (κ3) is 3.27. The zero-order valence-electron chi connectivity index (χ0n) is 13.5. The highest BCUT2D eigenvalue weighted by atomic mass is 16.5. The number of aromatic nitrogens is 2. The van der Waals surface area contributed by atoms with E-state index in [1.807, 2.05) is 26.0 Å². The van der Waals surface area contributed by atoms with Crippen molar-refractivity contribution in [1.82, 2.24) is 14.5 Å². The molecule has 122 valence electrons. The fraction of sp³-hybridized carbons (Fsp3) is 0.471. The highest BCUT2D eigenvalue weighted by Gasteiger charge is 2.21. The molecule has 6 nitrogen and oxygen atoms in total. The van der Waals surface area contributed by atoms with Crippen LogP contribution in [0.25, 0.3) is 10.9 Å². The van der Waals surface area contributed by atoms with Crippen LogP contribution in [0.4, 0.5) is 0 Å². The Morgan fingerprint density at radius 2 is 2.26 bits per heavy atom. The van der Waals surface area contributed by atoms with Gasteiger partial charge in [0, 0.05) is 26.1 Å². The smallest absolute Gasteiger partial charge is 0.261 e. The van der Waals surface area contributed by atoms with Gasteiger partial charge < -0.3 is 9.64 Å². The Labute approximate surface area is 134 Å². The Hall–Kier alpha value is -2.21. The summed E-state index contributed by atoms with van der Waals surface area (Å²) in [5.41, 5.74) is 1.61. The number of carbonyl (C=O) groups is 1. The minimum atomic E-state index is -0.0955. The fourth-order valence-electron chi connectivity index (χ4n) is 2.92. The maximum Gasteiger partial charge on any atom is 0.261 e. The first-order chi connectivity index (χ1) is 11.1. The molecule has 0 saturated carbocycles. The summed E-state index contributed by atoms with van der Waals surface area (Å²) in [6.45, 7) is 6.04. The number of fused-ring (bicyclic) bond motifs is 1. The number of morpholine rings is 1. The van der Waals surface area contributed by atoms with Crippen molar-refractivity contribution < 1.29 is 9.53 Å². The molecular weight excluding hydrogens is 294 g/mol. The predicted molar refractivity (Wildman–Crippen MR) is 87.4 cm³/mol. The minimum absolute atomic E-state index is 0.0522. The van der Waals surface area contributed by atoms with Crippen LogP contribution in [-0.2, 0) is 16.1 Å². The Bertz CT molecular complexity index is 784. The molecule has 1 saturated heterocycles. The van der Waals surface area contributed by atoms with Crippen LogP contribution < -0.4 is 5.56 Å². The number of carbonyl (C=O) groups excluding carboxylic acids is 1. The first-order valence-electron chi connectivity index (χ1n) is 7.90. The van der Waals surface area contributed by atoms with E-state index in [0.29, 0.717) is 38.0 Å². The topological polar surface area (TPSA) is 64.4 Å². The molecule has 0 aliphatic carbocycles. The molecule has 1 amide bonds. The molecule has 0 spiro atoms. The number of nitrogens with zero attached hydrogens (tertiary/aromatic N) is 3. The van der Waals surface area contributed by atoms with Gasteiger partial charge >= 0.3 is 0 Å². The largest absolute Gasteiger partial charge is 0.375 e. The molecular formula is C17H21N3O3. The van der Waals surface area contributed by atoms with Gasteiger partial charge in [0.25, 0.3) is 5.56 Å². The molecule has 0 radical (unpaired) electrons. The molecule has 1 aromatic heterocycles. The molecule has 0 unspecified atom stereocenters. The lowest BCUT2D eigenvalue weighted by Gasteiger charge is -2.31. The molecule has 0 N–H and O–H groups in total. The molecule has 23 heavy (non-hydrogen) atoms. The lowest BCUT2D eigenvalue weighted by molar-refractivity contribution is -0.138. The molecule has 3 rings (SSSR count). The Morgan fingerprint density at radius 3 is 3.04 bits per heavy atom. The third-order valence-electron chi connectivity index (χ3n) is 4.22. The average Bonchev–Trinajstić information content (AvgIpc) is 2.55. The molecule has 1 fully saturated rings. The van der Waals surface area contributed by atoms with Crippen molar-refractivity contribution >= 4 is 16.8 Å². The van der Waals surface area contributed by atoms with Gasteiger partial charge in [-0.2, -0.15) is 0 Å². The van der Waals surface area contributed by atoms with Gasteiger partial charge in [0.2, 0.25) is 5.91 Å². The van der Waals surface area contributed by atoms with Gasteiger partial charge in [-0.3, -0.25) is 14.2 Å². The van der Waals surface area contributed by atoms with E-state index in [2.05, 4.69) is 4.98 Å². The summed E-state index contributed by atoms with van der Waals surface area (Å²) < 4.78 is 6.96. The Morgan fingerprint density at radius 1 is 1.43 bits per heavy atom. The maximum absolute atomic E-state index is 12.5. The highest BCUT2D eigenvalue weighted by Crippen LogP contribution is 2.11. The van der Waals surface area contributed by atoms with Gasteiger partial charge in [0.05, 0.1) is 29.9 Å². The maximum atomic E-state index is 12.5. The Balaban J connectivity index is 1.73. The predicted octanol–water partition coefficient (Wildman–Crippen LogP) is 1.34. The number of hydrogen-bond acceptors (Lipinski definition) is 4.